The van der Waals surface area contributed by atoms with Gasteiger partial charge in [-0.2, -0.15) is 0 Å². The van der Waals surface area contributed by atoms with Crippen molar-refractivity contribution in [3.05, 3.63) is 28.7 Å². The van der Waals surface area contributed by atoms with Gasteiger partial charge < -0.3 is 9.30 Å². The zero-order valence-corrected chi connectivity index (χ0v) is 15.2. The Kier molecular flexibility index (Phi) is 8.85. The Morgan fingerprint density at radius 1 is 1.26 bits per heavy atom. The number of imidazole rings is 1. The summed E-state index contributed by atoms with van der Waals surface area (Å²) in [4.78, 5) is 4.16. The van der Waals surface area contributed by atoms with E-state index in [0.717, 1.165) is 37.0 Å². The fourth-order valence-electron chi connectivity index (χ4n) is 2.46. The first-order chi connectivity index (χ1) is 11.1. The van der Waals surface area contributed by atoms with Gasteiger partial charge in [0.15, 0.2) is 5.83 Å². The third kappa shape index (κ3) is 5.61. The molecule has 1 aliphatic heterocycles. The molecule has 3 rings (SSSR count). The molecule has 2 aliphatic rings. The molecule has 1 aromatic heterocycles. The van der Waals surface area contributed by atoms with Gasteiger partial charge >= 0.3 is 0 Å². The second kappa shape index (κ2) is 10.4. The van der Waals surface area contributed by atoms with Gasteiger partial charge in [-0.15, -0.1) is 0 Å². The Morgan fingerprint density at radius 3 is 2.39 bits per heavy atom. The lowest BCUT2D eigenvalue weighted by molar-refractivity contribution is 0.198. The van der Waals surface area contributed by atoms with Crippen molar-refractivity contribution in [3.8, 4) is 0 Å². The van der Waals surface area contributed by atoms with Crippen molar-refractivity contribution in [3.63, 3.8) is 0 Å². The Bertz CT molecular complexity index is 602. The highest BCUT2D eigenvalue weighted by Crippen LogP contribution is 2.13. The van der Waals surface area contributed by atoms with E-state index in [2.05, 4.69) is 24.9 Å². The van der Waals surface area contributed by atoms with Crippen LogP contribution in [-0.2, 0) is 4.74 Å². The first kappa shape index (κ1) is 19.6. The summed E-state index contributed by atoms with van der Waals surface area (Å²) in [6.45, 7) is 12.2. The van der Waals surface area contributed by atoms with Crippen molar-refractivity contribution < 1.29 is 9.13 Å². The van der Waals surface area contributed by atoms with Gasteiger partial charge in [-0.3, -0.25) is 0 Å². The van der Waals surface area contributed by atoms with Gasteiger partial charge in [0.1, 0.15) is 5.35 Å². The topological polar surface area (TPSA) is 27.1 Å². The number of aromatic nitrogens is 2. The van der Waals surface area contributed by atoms with E-state index in [4.69, 9.17) is 4.74 Å². The third-order valence-electron chi connectivity index (χ3n) is 3.78. The highest BCUT2D eigenvalue weighted by atomic mass is 19.1. The van der Waals surface area contributed by atoms with Crippen LogP contribution in [0.1, 0.15) is 66.3 Å². The highest BCUT2D eigenvalue weighted by Gasteiger charge is 2.08. The molecule has 0 saturated carbocycles. The van der Waals surface area contributed by atoms with E-state index in [0.29, 0.717) is 11.4 Å². The quantitative estimate of drug-likeness (QED) is 0.826. The zero-order chi connectivity index (χ0) is 17.2. The summed E-state index contributed by atoms with van der Waals surface area (Å²) in [5.74, 6) is -0.208. The maximum absolute atomic E-state index is 13.9. The van der Waals surface area contributed by atoms with Crippen LogP contribution >= 0.6 is 0 Å². The van der Waals surface area contributed by atoms with E-state index in [1.165, 1.54) is 12.8 Å². The van der Waals surface area contributed by atoms with Crippen LogP contribution in [0.5, 0.6) is 0 Å². The maximum atomic E-state index is 13.9. The zero-order valence-electron chi connectivity index (χ0n) is 15.2. The fraction of sp³-hybridized carbons (Fsp3) is 0.632. The molecule has 0 atom stereocenters. The Labute approximate surface area is 139 Å². The van der Waals surface area contributed by atoms with Gasteiger partial charge in [0.2, 0.25) is 0 Å². The number of fused-ring (bicyclic) bond motifs is 1. The molecule has 0 unspecified atom stereocenters. The largest absolute Gasteiger partial charge is 0.381 e. The van der Waals surface area contributed by atoms with Crippen LogP contribution < -0.4 is 10.7 Å². The number of rotatable bonds is 2. The average Bonchev–Trinajstić information content (AvgIpc) is 3.23. The van der Waals surface area contributed by atoms with Crippen molar-refractivity contribution >= 4 is 11.9 Å². The van der Waals surface area contributed by atoms with Crippen LogP contribution in [0.4, 0.5) is 4.39 Å². The molecule has 1 aromatic rings. The molecule has 1 fully saturated rings. The molecule has 0 aromatic carbocycles. The maximum Gasteiger partial charge on any atom is 0.150 e. The smallest absolute Gasteiger partial charge is 0.150 e. The van der Waals surface area contributed by atoms with E-state index in [9.17, 15) is 4.39 Å². The molecular formula is C19H31FN2O. The minimum absolute atomic E-state index is 0.208. The average molecular weight is 322 g/mol. The number of allylic oxidation sites excluding steroid dienone is 2. The molecule has 2 heterocycles. The van der Waals surface area contributed by atoms with Gasteiger partial charge in [-0.1, -0.05) is 32.4 Å². The third-order valence-corrected chi connectivity index (χ3v) is 3.78. The lowest BCUT2D eigenvalue weighted by Crippen LogP contribution is -2.31. The molecule has 3 nitrogen and oxygen atoms in total. The molecule has 0 radical (unpaired) electrons. The van der Waals surface area contributed by atoms with Crippen LogP contribution in [0, 0.1) is 0 Å². The predicted octanol–water partition coefficient (Wildman–Crippen LogP) is 3.89. The van der Waals surface area contributed by atoms with E-state index >= 15 is 0 Å². The normalized spacial score (nSPS) is 16.3. The van der Waals surface area contributed by atoms with Gasteiger partial charge in [0.25, 0.3) is 0 Å². The van der Waals surface area contributed by atoms with Crippen LogP contribution in [0.15, 0.2) is 18.0 Å². The summed E-state index contributed by atoms with van der Waals surface area (Å²) in [7, 11) is 0. The lowest BCUT2D eigenvalue weighted by atomic mass is 10.1. The Morgan fingerprint density at radius 2 is 1.91 bits per heavy atom. The van der Waals surface area contributed by atoms with Gasteiger partial charge in [0.05, 0.1) is 11.7 Å². The molecule has 0 spiro atoms. The second-order valence-corrected chi connectivity index (χ2v) is 5.71. The number of ether oxygens (including phenoxy) is 1. The number of hydrogen-bond acceptors (Lipinski definition) is 2. The van der Waals surface area contributed by atoms with E-state index in [-0.39, 0.29) is 5.83 Å². The van der Waals surface area contributed by atoms with E-state index in [1.54, 1.807) is 12.4 Å². The van der Waals surface area contributed by atoms with Crippen LogP contribution in [-0.4, -0.2) is 22.8 Å². The summed E-state index contributed by atoms with van der Waals surface area (Å²) in [6.07, 6.45) is 9.67. The van der Waals surface area contributed by atoms with Crippen molar-refractivity contribution in [2.45, 2.75) is 66.3 Å². The summed E-state index contributed by atoms with van der Waals surface area (Å²) < 4.78 is 20.9. The van der Waals surface area contributed by atoms with Gasteiger partial charge in [-0.25, -0.2) is 9.37 Å². The number of halogens is 1. The molecular weight excluding hydrogens is 291 g/mol. The standard InChI is InChI=1S/C13H17FN2.C4H8O.C2H6/c1-4-10-5-6-12-13(11(14)7-10)15-8-16(12)9(2)3;1-2-4-5-3-1;1-2/h6-9H,4-5H2,1-3H3;1-4H2;1-2H3. The first-order valence-electron chi connectivity index (χ1n) is 8.83. The molecule has 0 bridgehead atoms. The predicted molar refractivity (Wildman–Crippen MR) is 95.2 cm³/mol. The molecule has 1 saturated heterocycles. The SMILES string of the molecule is C1CCOC1.CC.CCC1=CC(F)=c2ncn(C(C)C)c2=CC1. The minimum Gasteiger partial charge on any atom is -0.381 e. The molecule has 4 heteroatoms. The summed E-state index contributed by atoms with van der Waals surface area (Å²) in [5.41, 5.74) is 1.12. The minimum atomic E-state index is -0.208. The number of nitrogens with zero attached hydrogens (tertiary/aromatic N) is 2. The summed E-state index contributed by atoms with van der Waals surface area (Å²) in [5, 5.41) is 1.39. The number of hydrogen-bond donors (Lipinski definition) is 0. The van der Waals surface area contributed by atoms with Crippen molar-refractivity contribution in [1.29, 1.82) is 0 Å². The Balaban J connectivity index is 0.000000317. The van der Waals surface area contributed by atoms with E-state index in [1.807, 2.05) is 25.3 Å². The summed E-state index contributed by atoms with van der Waals surface area (Å²) in [6, 6.07) is 0.309. The Hall–Kier alpha value is -1.42. The van der Waals surface area contributed by atoms with Gasteiger partial charge in [-0.05, 0) is 45.6 Å². The molecule has 0 N–H and O–H groups in total. The summed E-state index contributed by atoms with van der Waals surface area (Å²) >= 11 is 0. The van der Waals surface area contributed by atoms with Crippen molar-refractivity contribution in [2.75, 3.05) is 13.2 Å². The molecule has 0 amide bonds. The molecule has 130 valence electrons. The van der Waals surface area contributed by atoms with Crippen molar-refractivity contribution in [1.82, 2.24) is 9.55 Å². The second-order valence-electron chi connectivity index (χ2n) is 5.71. The van der Waals surface area contributed by atoms with E-state index < -0.39 is 0 Å². The highest BCUT2D eigenvalue weighted by molar-refractivity contribution is 5.52. The first-order valence-corrected chi connectivity index (χ1v) is 8.83. The van der Waals surface area contributed by atoms with Crippen LogP contribution in [0.25, 0.3) is 11.9 Å². The fourth-order valence-corrected chi connectivity index (χ4v) is 2.46. The molecule has 1 aliphatic carbocycles. The van der Waals surface area contributed by atoms with Gasteiger partial charge in [0, 0.05) is 19.3 Å². The van der Waals surface area contributed by atoms with Crippen LogP contribution in [0.3, 0.4) is 0 Å². The monoisotopic (exact) mass is 322 g/mol. The van der Waals surface area contributed by atoms with Crippen molar-refractivity contribution in [2.24, 2.45) is 0 Å². The lowest BCUT2D eigenvalue weighted by Gasteiger charge is -2.05. The molecule has 23 heavy (non-hydrogen) atoms. The van der Waals surface area contributed by atoms with Crippen LogP contribution in [0.2, 0.25) is 0 Å².